The van der Waals surface area contributed by atoms with Crippen molar-refractivity contribution in [2.45, 2.75) is 32.1 Å². The van der Waals surface area contributed by atoms with Gasteiger partial charge in [-0.1, -0.05) is 17.7 Å². The fourth-order valence-electron chi connectivity index (χ4n) is 2.30. The number of allylic oxidation sites excluding steroid dienone is 1. The van der Waals surface area contributed by atoms with E-state index in [-0.39, 0.29) is 5.91 Å². The van der Waals surface area contributed by atoms with Crippen molar-refractivity contribution < 1.29 is 13.2 Å². The first kappa shape index (κ1) is 15.5. The third-order valence-electron chi connectivity index (χ3n) is 3.18. The van der Waals surface area contributed by atoms with Gasteiger partial charge in [0.15, 0.2) is 0 Å². The lowest BCUT2D eigenvalue weighted by Crippen LogP contribution is -2.21. The summed E-state index contributed by atoms with van der Waals surface area (Å²) in [5.41, 5.74) is 2.01. The number of hydrogen-bond acceptors (Lipinski definition) is 3. The smallest absolute Gasteiger partial charge is 0.296 e. The number of nitrogens with two attached hydrogens (primary N) is 1. The van der Waals surface area contributed by atoms with Gasteiger partial charge in [0.1, 0.15) is 0 Å². The molecule has 0 radical (unpaired) electrons. The van der Waals surface area contributed by atoms with Crippen molar-refractivity contribution in [3.05, 3.63) is 35.9 Å². The molecule has 1 aromatic rings. The van der Waals surface area contributed by atoms with Gasteiger partial charge in [-0.25, -0.2) is 5.14 Å². The van der Waals surface area contributed by atoms with Gasteiger partial charge < -0.3 is 5.32 Å². The molecular formula is C14H19N3O3S. The van der Waals surface area contributed by atoms with Gasteiger partial charge >= 0.3 is 0 Å². The zero-order chi connectivity index (χ0) is 15.3. The fraction of sp³-hybridized carbons (Fsp3) is 0.357. The Kier molecular flexibility index (Phi) is 4.98. The zero-order valence-electron chi connectivity index (χ0n) is 11.6. The third-order valence-corrected chi connectivity index (χ3v) is 3.70. The van der Waals surface area contributed by atoms with Crippen LogP contribution in [0, 0.1) is 0 Å². The summed E-state index contributed by atoms with van der Waals surface area (Å²) in [6, 6.07) is 6.42. The normalized spacial score (nSPS) is 15.2. The highest BCUT2D eigenvalue weighted by molar-refractivity contribution is 7.90. The lowest BCUT2D eigenvalue weighted by atomic mass is 9.97. The number of anilines is 2. The van der Waals surface area contributed by atoms with E-state index in [0.717, 1.165) is 24.8 Å². The van der Waals surface area contributed by atoms with Crippen molar-refractivity contribution in [1.29, 1.82) is 0 Å². The molecule has 0 bridgehead atoms. The summed E-state index contributed by atoms with van der Waals surface area (Å²) in [6.07, 6.45) is 6.84. The molecule has 6 nitrogen and oxygen atoms in total. The van der Waals surface area contributed by atoms with E-state index >= 15 is 0 Å². The predicted octanol–water partition coefficient (Wildman–Crippen LogP) is 2.13. The zero-order valence-corrected chi connectivity index (χ0v) is 12.4. The molecule has 0 unspecified atom stereocenters. The minimum atomic E-state index is -3.82. The minimum Gasteiger partial charge on any atom is -0.326 e. The molecular weight excluding hydrogens is 290 g/mol. The van der Waals surface area contributed by atoms with Gasteiger partial charge in [-0.3, -0.25) is 9.52 Å². The minimum absolute atomic E-state index is 0.101. The average Bonchev–Trinajstić information content (AvgIpc) is 2.38. The second-order valence-electron chi connectivity index (χ2n) is 5.06. The molecule has 2 rings (SSSR count). The summed E-state index contributed by atoms with van der Waals surface area (Å²) in [6.45, 7) is 0. The molecule has 0 heterocycles. The molecule has 0 atom stereocenters. The Labute approximate surface area is 124 Å². The summed E-state index contributed by atoms with van der Waals surface area (Å²) >= 11 is 0. The van der Waals surface area contributed by atoms with Gasteiger partial charge in [0.05, 0.1) is 5.69 Å². The second-order valence-corrected chi connectivity index (χ2v) is 6.36. The fourth-order valence-corrected chi connectivity index (χ4v) is 2.76. The lowest BCUT2D eigenvalue weighted by molar-refractivity contribution is -0.115. The van der Waals surface area contributed by atoms with Crippen LogP contribution in [0.3, 0.4) is 0 Å². The number of rotatable bonds is 5. The lowest BCUT2D eigenvalue weighted by Gasteiger charge is -2.13. The molecule has 4 N–H and O–H groups in total. The molecule has 1 aliphatic carbocycles. The Morgan fingerprint density at radius 3 is 2.67 bits per heavy atom. The van der Waals surface area contributed by atoms with Crippen molar-refractivity contribution in [3.8, 4) is 0 Å². The van der Waals surface area contributed by atoms with E-state index in [1.54, 1.807) is 18.2 Å². The Morgan fingerprint density at radius 1 is 1.24 bits per heavy atom. The van der Waals surface area contributed by atoms with E-state index in [1.807, 2.05) is 0 Å². The van der Waals surface area contributed by atoms with Crippen LogP contribution >= 0.6 is 0 Å². The highest BCUT2D eigenvalue weighted by atomic mass is 32.2. The van der Waals surface area contributed by atoms with E-state index in [2.05, 4.69) is 16.1 Å². The van der Waals surface area contributed by atoms with Gasteiger partial charge in [-0.2, -0.15) is 8.42 Å². The molecule has 21 heavy (non-hydrogen) atoms. The van der Waals surface area contributed by atoms with Crippen LogP contribution in [0.25, 0.3) is 0 Å². The van der Waals surface area contributed by atoms with Gasteiger partial charge in [0.25, 0.3) is 10.2 Å². The van der Waals surface area contributed by atoms with Crippen LogP contribution in [0.5, 0.6) is 0 Å². The van der Waals surface area contributed by atoms with Crippen molar-refractivity contribution in [2.75, 3.05) is 10.0 Å². The molecule has 1 amide bonds. The van der Waals surface area contributed by atoms with Crippen LogP contribution in [0.1, 0.15) is 32.1 Å². The van der Waals surface area contributed by atoms with Crippen LogP contribution < -0.4 is 15.2 Å². The molecule has 0 aliphatic heterocycles. The summed E-state index contributed by atoms with van der Waals surface area (Å²) in [5, 5.41) is 7.67. The van der Waals surface area contributed by atoms with Gasteiger partial charge in [0.2, 0.25) is 5.91 Å². The summed E-state index contributed by atoms with van der Waals surface area (Å²) in [4.78, 5) is 12.0. The molecule has 0 aromatic heterocycles. The molecule has 1 aromatic carbocycles. The van der Waals surface area contributed by atoms with Crippen molar-refractivity contribution in [2.24, 2.45) is 5.14 Å². The number of carbonyl (C=O) groups excluding carboxylic acids is 1. The monoisotopic (exact) mass is 309 g/mol. The Morgan fingerprint density at radius 2 is 2.00 bits per heavy atom. The molecule has 114 valence electrons. The molecule has 7 heteroatoms. The number of nitrogens with one attached hydrogen (secondary N) is 2. The van der Waals surface area contributed by atoms with E-state index in [9.17, 15) is 13.2 Å². The van der Waals surface area contributed by atoms with Crippen LogP contribution in [0.4, 0.5) is 11.4 Å². The number of hydrogen-bond donors (Lipinski definition) is 3. The van der Waals surface area contributed by atoms with Crippen molar-refractivity contribution >= 4 is 27.5 Å². The second kappa shape index (κ2) is 6.73. The first-order valence-electron chi connectivity index (χ1n) is 6.81. The number of benzene rings is 1. The molecule has 0 saturated carbocycles. The Bertz CT molecular complexity index is 653. The standard InChI is InChI=1S/C14H19N3O3S/c15-21(19,20)17-13-8-4-7-12(10-13)16-14(18)9-11-5-2-1-3-6-11/h4-5,7-8,10,17H,1-3,6,9H2,(H,16,18)(H2,15,19,20). The van der Waals surface area contributed by atoms with Crippen molar-refractivity contribution in [1.82, 2.24) is 0 Å². The first-order chi connectivity index (χ1) is 9.92. The molecule has 0 saturated heterocycles. The maximum atomic E-state index is 12.0. The average molecular weight is 309 g/mol. The van der Waals surface area contributed by atoms with Crippen LogP contribution in [0.2, 0.25) is 0 Å². The van der Waals surface area contributed by atoms with Gasteiger partial charge in [-0.05, 0) is 43.9 Å². The van der Waals surface area contributed by atoms with Crippen molar-refractivity contribution in [3.63, 3.8) is 0 Å². The van der Waals surface area contributed by atoms with Crippen LogP contribution in [0.15, 0.2) is 35.9 Å². The SMILES string of the molecule is NS(=O)(=O)Nc1cccc(NC(=O)CC2=CCCCC2)c1. The maximum absolute atomic E-state index is 12.0. The maximum Gasteiger partial charge on any atom is 0.296 e. The third kappa shape index (κ3) is 5.57. The first-order valence-corrected chi connectivity index (χ1v) is 8.35. The van der Waals surface area contributed by atoms with Crippen LogP contribution in [-0.4, -0.2) is 14.3 Å². The van der Waals surface area contributed by atoms with Gasteiger partial charge in [0, 0.05) is 12.1 Å². The molecule has 0 spiro atoms. The predicted molar refractivity (Wildman–Crippen MR) is 83.0 cm³/mol. The summed E-state index contributed by atoms with van der Waals surface area (Å²) in [7, 11) is -3.82. The Hall–Kier alpha value is -1.86. The molecule has 0 fully saturated rings. The molecule has 1 aliphatic rings. The van der Waals surface area contributed by atoms with E-state index in [0.29, 0.717) is 17.8 Å². The van der Waals surface area contributed by atoms with Crippen LogP contribution in [-0.2, 0) is 15.0 Å². The van der Waals surface area contributed by atoms with E-state index < -0.39 is 10.2 Å². The Balaban J connectivity index is 1.97. The summed E-state index contributed by atoms with van der Waals surface area (Å²) in [5.74, 6) is -0.101. The van der Waals surface area contributed by atoms with Gasteiger partial charge in [-0.15, -0.1) is 0 Å². The largest absolute Gasteiger partial charge is 0.326 e. The van der Waals surface area contributed by atoms with E-state index in [1.165, 1.54) is 12.5 Å². The number of amides is 1. The summed E-state index contributed by atoms with van der Waals surface area (Å²) < 4.78 is 24.1. The topological polar surface area (TPSA) is 101 Å². The number of carbonyl (C=O) groups is 1. The highest BCUT2D eigenvalue weighted by Crippen LogP contribution is 2.21. The quantitative estimate of drug-likeness (QED) is 0.726. The van der Waals surface area contributed by atoms with E-state index in [4.69, 9.17) is 5.14 Å². The highest BCUT2D eigenvalue weighted by Gasteiger charge is 2.10.